The largest absolute Gasteiger partial charge is 0.497 e. The van der Waals surface area contributed by atoms with Gasteiger partial charge in [0, 0.05) is 25.0 Å². The van der Waals surface area contributed by atoms with Gasteiger partial charge in [0.05, 0.1) is 7.11 Å². The van der Waals surface area contributed by atoms with Crippen molar-refractivity contribution in [3.8, 4) is 5.75 Å². The van der Waals surface area contributed by atoms with Crippen LogP contribution in [-0.4, -0.2) is 31.3 Å². The zero-order chi connectivity index (χ0) is 14.3. The van der Waals surface area contributed by atoms with Gasteiger partial charge >= 0.3 is 0 Å². The molecule has 1 aromatic rings. The maximum absolute atomic E-state index is 11.6. The average molecular weight is 265 g/mol. The van der Waals surface area contributed by atoms with E-state index in [0.717, 1.165) is 11.3 Å². The zero-order valence-corrected chi connectivity index (χ0v) is 11.9. The molecule has 0 unspecified atom stereocenters. The fourth-order valence-electron chi connectivity index (χ4n) is 1.79. The quantitative estimate of drug-likeness (QED) is 0.791. The highest BCUT2D eigenvalue weighted by molar-refractivity contribution is 5.75. The van der Waals surface area contributed by atoms with E-state index in [1.807, 2.05) is 24.3 Å². The number of carbonyl (C=O) groups excluding carboxylic acids is 1. The van der Waals surface area contributed by atoms with Crippen LogP contribution < -0.4 is 10.1 Å². The second-order valence-electron chi connectivity index (χ2n) is 5.22. The summed E-state index contributed by atoms with van der Waals surface area (Å²) in [5.41, 5.74) is 0.956. The van der Waals surface area contributed by atoms with Crippen molar-refractivity contribution in [3.63, 3.8) is 0 Å². The van der Waals surface area contributed by atoms with E-state index in [4.69, 9.17) is 9.84 Å². The van der Waals surface area contributed by atoms with Gasteiger partial charge in [0.25, 0.3) is 0 Å². The van der Waals surface area contributed by atoms with Gasteiger partial charge in [-0.1, -0.05) is 26.0 Å². The molecule has 1 amide bonds. The first-order valence-corrected chi connectivity index (χ1v) is 6.51. The fraction of sp³-hybridized carbons (Fsp3) is 0.533. The first-order valence-electron chi connectivity index (χ1n) is 6.51. The van der Waals surface area contributed by atoms with Crippen LogP contribution in [0.15, 0.2) is 24.3 Å². The molecule has 4 nitrogen and oxygen atoms in total. The third-order valence-electron chi connectivity index (χ3n) is 3.14. The summed E-state index contributed by atoms with van der Waals surface area (Å²) in [6.45, 7) is 4.76. The Kier molecular flexibility index (Phi) is 5.83. The summed E-state index contributed by atoms with van der Waals surface area (Å²) in [6.07, 6.45) is 0.871. The van der Waals surface area contributed by atoms with E-state index in [1.54, 1.807) is 7.11 Å². The minimum absolute atomic E-state index is 0.0231. The van der Waals surface area contributed by atoms with Crippen LogP contribution >= 0.6 is 0 Å². The lowest BCUT2D eigenvalue weighted by atomic mass is 9.84. The molecular formula is C15H23NO3. The Morgan fingerprint density at radius 3 is 2.79 bits per heavy atom. The molecule has 0 aliphatic heterocycles. The maximum atomic E-state index is 11.6. The van der Waals surface area contributed by atoms with Crippen molar-refractivity contribution in [2.45, 2.75) is 32.1 Å². The molecule has 106 valence electrons. The molecule has 1 aromatic carbocycles. The molecule has 2 N–H and O–H groups in total. The second kappa shape index (κ2) is 7.14. The molecule has 0 radical (unpaired) electrons. The molecule has 0 saturated carbocycles. The Bertz CT molecular complexity index is 416. The summed E-state index contributed by atoms with van der Waals surface area (Å²) in [7, 11) is 1.64. The topological polar surface area (TPSA) is 58.6 Å². The number of benzene rings is 1. The number of nitrogens with one attached hydrogen (secondary N) is 1. The van der Waals surface area contributed by atoms with E-state index in [0.29, 0.717) is 19.4 Å². The fourth-order valence-corrected chi connectivity index (χ4v) is 1.79. The third-order valence-corrected chi connectivity index (χ3v) is 3.14. The molecule has 0 bridgehead atoms. The van der Waals surface area contributed by atoms with Crippen LogP contribution in [0.1, 0.15) is 32.3 Å². The third kappa shape index (κ3) is 4.91. The van der Waals surface area contributed by atoms with Crippen LogP contribution in [0.4, 0.5) is 0 Å². The van der Waals surface area contributed by atoms with Gasteiger partial charge in [0.1, 0.15) is 5.75 Å². The van der Waals surface area contributed by atoms with Gasteiger partial charge < -0.3 is 15.2 Å². The van der Waals surface area contributed by atoms with Gasteiger partial charge in [0.2, 0.25) is 5.91 Å². The molecule has 0 aliphatic rings. The lowest BCUT2D eigenvalue weighted by molar-refractivity contribution is -0.121. The van der Waals surface area contributed by atoms with E-state index < -0.39 is 0 Å². The number of carbonyl (C=O) groups is 1. The minimum atomic E-state index is -0.163. The van der Waals surface area contributed by atoms with Crippen LogP contribution in [0.5, 0.6) is 5.75 Å². The van der Waals surface area contributed by atoms with Gasteiger partial charge in [-0.25, -0.2) is 0 Å². The number of methoxy groups -OCH3 is 1. The summed E-state index contributed by atoms with van der Waals surface area (Å²) in [5, 5.41) is 11.6. The highest BCUT2D eigenvalue weighted by Crippen LogP contribution is 2.25. The van der Waals surface area contributed by atoms with Crippen molar-refractivity contribution < 1.29 is 14.6 Å². The van der Waals surface area contributed by atoms with Gasteiger partial charge in [-0.05, 0) is 24.1 Å². The van der Waals surface area contributed by atoms with Gasteiger partial charge in [-0.2, -0.15) is 0 Å². The summed E-state index contributed by atoms with van der Waals surface area (Å²) in [6, 6.07) is 7.87. The molecule has 0 heterocycles. The number of aliphatic hydroxyl groups is 1. The van der Waals surface area contributed by atoms with Crippen molar-refractivity contribution in [1.29, 1.82) is 0 Å². The molecule has 0 atom stereocenters. The monoisotopic (exact) mass is 265 g/mol. The van der Waals surface area contributed by atoms with Crippen LogP contribution in [0.25, 0.3) is 0 Å². The van der Waals surface area contributed by atoms with Crippen LogP contribution in [-0.2, 0) is 10.2 Å². The Morgan fingerprint density at radius 1 is 1.42 bits per heavy atom. The summed E-state index contributed by atoms with van der Waals surface area (Å²) < 4.78 is 5.21. The molecule has 0 spiro atoms. The Hall–Kier alpha value is -1.55. The first kappa shape index (κ1) is 15.5. The standard InChI is InChI=1S/C15H23NO3/c1-15(2,11-16-14(18)8-5-9-17)12-6-4-7-13(10-12)19-3/h4,6-7,10,17H,5,8-9,11H2,1-3H3,(H,16,18). The van der Waals surface area contributed by atoms with E-state index >= 15 is 0 Å². The molecule has 0 fully saturated rings. The predicted molar refractivity (Wildman–Crippen MR) is 75.3 cm³/mol. The first-order chi connectivity index (χ1) is 8.99. The van der Waals surface area contributed by atoms with Crippen molar-refractivity contribution in [2.24, 2.45) is 0 Å². The highest BCUT2D eigenvalue weighted by Gasteiger charge is 2.21. The Morgan fingerprint density at radius 2 is 2.16 bits per heavy atom. The van der Waals surface area contributed by atoms with Gasteiger partial charge in [0.15, 0.2) is 0 Å². The predicted octanol–water partition coefficient (Wildman–Crippen LogP) is 1.86. The van der Waals surface area contributed by atoms with Crippen molar-refractivity contribution in [1.82, 2.24) is 5.32 Å². The van der Waals surface area contributed by atoms with Crippen molar-refractivity contribution in [2.75, 3.05) is 20.3 Å². The summed E-state index contributed by atoms with van der Waals surface area (Å²) >= 11 is 0. The van der Waals surface area contributed by atoms with Gasteiger partial charge in [-0.15, -0.1) is 0 Å². The van der Waals surface area contributed by atoms with E-state index in [-0.39, 0.29) is 17.9 Å². The van der Waals surface area contributed by atoms with Crippen molar-refractivity contribution in [3.05, 3.63) is 29.8 Å². The lowest BCUT2D eigenvalue weighted by Gasteiger charge is -2.26. The van der Waals surface area contributed by atoms with Crippen LogP contribution in [0.3, 0.4) is 0 Å². The number of hydrogen-bond donors (Lipinski definition) is 2. The van der Waals surface area contributed by atoms with E-state index in [9.17, 15) is 4.79 Å². The number of aliphatic hydroxyl groups excluding tert-OH is 1. The molecule has 0 aromatic heterocycles. The molecule has 0 aliphatic carbocycles. The summed E-state index contributed by atoms with van der Waals surface area (Å²) in [5.74, 6) is 0.794. The maximum Gasteiger partial charge on any atom is 0.220 e. The van der Waals surface area contributed by atoms with Crippen molar-refractivity contribution >= 4 is 5.91 Å². The average Bonchev–Trinajstić information content (AvgIpc) is 2.43. The lowest BCUT2D eigenvalue weighted by Crippen LogP contribution is -2.36. The number of hydrogen-bond acceptors (Lipinski definition) is 3. The van der Waals surface area contributed by atoms with Crippen LogP contribution in [0, 0.1) is 0 Å². The second-order valence-corrected chi connectivity index (χ2v) is 5.22. The highest BCUT2D eigenvalue weighted by atomic mass is 16.5. The molecular weight excluding hydrogens is 242 g/mol. The zero-order valence-electron chi connectivity index (χ0n) is 11.9. The molecule has 4 heteroatoms. The number of ether oxygens (including phenoxy) is 1. The number of rotatable bonds is 7. The summed E-state index contributed by atoms with van der Waals surface area (Å²) in [4.78, 5) is 11.6. The molecule has 19 heavy (non-hydrogen) atoms. The Labute approximate surface area is 114 Å². The Balaban J connectivity index is 2.61. The minimum Gasteiger partial charge on any atom is -0.497 e. The normalized spacial score (nSPS) is 11.2. The van der Waals surface area contributed by atoms with Crippen LogP contribution in [0.2, 0.25) is 0 Å². The van der Waals surface area contributed by atoms with Gasteiger partial charge in [-0.3, -0.25) is 4.79 Å². The smallest absolute Gasteiger partial charge is 0.220 e. The number of amides is 1. The molecule has 1 rings (SSSR count). The molecule has 0 saturated heterocycles. The van der Waals surface area contributed by atoms with E-state index in [2.05, 4.69) is 19.2 Å². The van der Waals surface area contributed by atoms with E-state index in [1.165, 1.54) is 0 Å². The SMILES string of the molecule is COc1cccc(C(C)(C)CNC(=O)CCCO)c1.